The maximum absolute atomic E-state index is 13.5. The number of hydrogen-bond acceptors (Lipinski definition) is 3. The van der Waals surface area contributed by atoms with Crippen molar-refractivity contribution in [3.05, 3.63) is 65.2 Å². The smallest absolute Gasteiger partial charge is 0.185 e. The highest BCUT2D eigenvalue weighted by atomic mass is 19.1. The van der Waals surface area contributed by atoms with E-state index in [9.17, 15) is 13.6 Å². The predicted octanol–water partition coefficient (Wildman–Crippen LogP) is 3.88. The summed E-state index contributed by atoms with van der Waals surface area (Å²) in [6.45, 7) is 0. The number of carbonyl (C=O) groups excluding carboxylic acids is 1. The lowest BCUT2D eigenvalue weighted by molar-refractivity contribution is 0.104. The van der Waals surface area contributed by atoms with Crippen LogP contribution in [0.4, 0.5) is 8.78 Å². The van der Waals surface area contributed by atoms with Gasteiger partial charge in [-0.05, 0) is 42.5 Å². The van der Waals surface area contributed by atoms with Gasteiger partial charge in [0.25, 0.3) is 0 Å². The third-order valence-electron chi connectivity index (χ3n) is 3.04. The van der Waals surface area contributed by atoms with Crippen LogP contribution in [0, 0.1) is 11.6 Å². The summed E-state index contributed by atoms with van der Waals surface area (Å²) in [4.78, 5) is 12.1. The van der Waals surface area contributed by atoms with E-state index in [1.165, 1.54) is 38.5 Å². The minimum atomic E-state index is -0.726. The molecule has 0 N–H and O–H groups in total. The molecule has 5 heteroatoms. The van der Waals surface area contributed by atoms with Crippen LogP contribution in [0.25, 0.3) is 6.08 Å². The molecule has 2 aromatic carbocycles. The zero-order valence-corrected chi connectivity index (χ0v) is 12.1. The Hall–Kier alpha value is -2.69. The Kier molecular flexibility index (Phi) is 4.88. The molecule has 0 amide bonds. The van der Waals surface area contributed by atoms with E-state index in [0.717, 1.165) is 12.1 Å². The Morgan fingerprint density at radius 1 is 1.00 bits per heavy atom. The standard InChI is InChI=1S/C17H14F2O3/c1-21-16-8-5-12(9-17(16)22-2)15(20)7-4-11-3-6-13(18)10-14(11)19/h3-10H,1-2H3/b7-4+. The van der Waals surface area contributed by atoms with Crippen LogP contribution < -0.4 is 9.47 Å². The quantitative estimate of drug-likeness (QED) is 0.621. The van der Waals surface area contributed by atoms with Gasteiger partial charge in [0.05, 0.1) is 14.2 Å². The van der Waals surface area contributed by atoms with Crippen LogP contribution in [0.5, 0.6) is 11.5 Å². The molecule has 0 atom stereocenters. The van der Waals surface area contributed by atoms with Crippen LogP contribution >= 0.6 is 0 Å². The summed E-state index contributed by atoms with van der Waals surface area (Å²) in [5.74, 6) is -0.788. The van der Waals surface area contributed by atoms with Gasteiger partial charge in [-0.25, -0.2) is 8.78 Å². The molecule has 2 aromatic rings. The number of allylic oxidation sites excluding steroid dienone is 1. The van der Waals surface area contributed by atoms with Gasteiger partial charge in [-0.1, -0.05) is 0 Å². The highest BCUT2D eigenvalue weighted by molar-refractivity contribution is 6.07. The first kappa shape index (κ1) is 15.7. The van der Waals surface area contributed by atoms with Gasteiger partial charge in [0.1, 0.15) is 11.6 Å². The number of rotatable bonds is 5. The van der Waals surface area contributed by atoms with Crippen LogP contribution in [0.1, 0.15) is 15.9 Å². The first-order chi connectivity index (χ1) is 10.5. The van der Waals surface area contributed by atoms with Crippen molar-refractivity contribution in [1.82, 2.24) is 0 Å². The molecule has 0 saturated carbocycles. The molecular weight excluding hydrogens is 290 g/mol. The number of ether oxygens (including phenoxy) is 2. The summed E-state index contributed by atoms with van der Waals surface area (Å²) in [6, 6.07) is 7.88. The van der Waals surface area contributed by atoms with Crippen molar-refractivity contribution in [2.45, 2.75) is 0 Å². The fourth-order valence-electron chi connectivity index (χ4n) is 1.89. The summed E-state index contributed by atoms with van der Waals surface area (Å²) >= 11 is 0. The van der Waals surface area contributed by atoms with E-state index >= 15 is 0 Å². The monoisotopic (exact) mass is 304 g/mol. The fraction of sp³-hybridized carbons (Fsp3) is 0.118. The van der Waals surface area contributed by atoms with Gasteiger partial charge >= 0.3 is 0 Å². The average Bonchev–Trinajstić information content (AvgIpc) is 2.53. The first-order valence-corrected chi connectivity index (χ1v) is 6.44. The molecule has 0 unspecified atom stereocenters. The minimum Gasteiger partial charge on any atom is -0.493 e. The molecule has 0 fully saturated rings. The van der Waals surface area contributed by atoms with Gasteiger partial charge in [0, 0.05) is 17.2 Å². The maximum atomic E-state index is 13.5. The molecule has 2 rings (SSSR count). The van der Waals surface area contributed by atoms with E-state index in [1.54, 1.807) is 12.1 Å². The second kappa shape index (κ2) is 6.85. The molecule has 0 radical (unpaired) electrons. The van der Waals surface area contributed by atoms with Crippen molar-refractivity contribution in [1.29, 1.82) is 0 Å². The zero-order chi connectivity index (χ0) is 16.1. The highest BCUT2D eigenvalue weighted by Crippen LogP contribution is 2.27. The number of carbonyl (C=O) groups is 1. The van der Waals surface area contributed by atoms with Crippen molar-refractivity contribution in [2.24, 2.45) is 0 Å². The Morgan fingerprint density at radius 3 is 2.36 bits per heavy atom. The molecular formula is C17H14F2O3. The van der Waals surface area contributed by atoms with Crippen molar-refractivity contribution in [2.75, 3.05) is 14.2 Å². The summed E-state index contributed by atoms with van der Waals surface area (Å²) < 4.78 is 36.5. The van der Waals surface area contributed by atoms with E-state index in [-0.39, 0.29) is 11.3 Å². The second-order valence-corrected chi connectivity index (χ2v) is 4.43. The molecule has 0 aliphatic heterocycles. The predicted molar refractivity (Wildman–Crippen MR) is 79.3 cm³/mol. The topological polar surface area (TPSA) is 35.5 Å². The molecule has 0 saturated heterocycles. The summed E-state index contributed by atoms with van der Waals surface area (Å²) in [5.41, 5.74) is 0.506. The van der Waals surface area contributed by atoms with Crippen LogP contribution in [0.3, 0.4) is 0 Å². The van der Waals surface area contributed by atoms with Crippen molar-refractivity contribution < 1.29 is 23.0 Å². The summed E-state index contributed by atoms with van der Waals surface area (Å²) in [6.07, 6.45) is 2.52. The largest absolute Gasteiger partial charge is 0.493 e. The molecule has 0 aliphatic carbocycles. The lowest BCUT2D eigenvalue weighted by Gasteiger charge is -2.08. The van der Waals surface area contributed by atoms with Crippen molar-refractivity contribution in [3.63, 3.8) is 0 Å². The zero-order valence-electron chi connectivity index (χ0n) is 12.1. The molecule has 114 valence electrons. The molecule has 22 heavy (non-hydrogen) atoms. The number of ketones is 1. The van der Waals surface area contributed by atoms with Gasteiger partial charge in [-0.3, -0.25) is 4.79 Å². The van der Waals surface area contributed by atoms with Crippen LogP contribution in [0.2, 0.25) is 0 Å². The van der Waals surface area contributed by atoms with E-state index in [1.807, 2.05) is 0 Å². The van der Waals surface area contributed by atoms with Gasteiger partial charge in [-0.2, -0.15) is 0 Å². The SMILES string of the molecule is COc1ccc(C(=O)/C=C/c2ccc(F)cc2F)cc1OC. The number of hydrogen-bond donors (Lipinski definition) is 0. The Morgan fingerprint density at radius 2 is 1.73 bits per heavy atom. The average molecular weight is 304 g/mol. The van der Waals surface area contributed by atoms with E-state index < -0.39 is 11.6 Å². The Labute approximate surface area is 126 Å². The van der Waals surface area contributed by atoms with Gasteiger partial charge in [0.15, 0.2) is 17.3 Å². The van der Waals surface area contributed by atoms with E-state index in [4.69, 9.17) is 9.47 Å². The molecule has 0 spiro atoms. The summed E-state index contributed by atoms with van der Waals surface area (Å²) in [5, 5.41) is 0. The molecule has 0 heterocycles. The molecule has 0 aromatic heterocycles. The lowest BCUT2D eigenvalue weighted by atomic mass is 10.1. The van der Waals surface area contributed by atoms with Crippen LogP contribution in [-0.2, 0) is 0 Å². The minimum absolute atomic E-state index is 0.134. The summed E-state index contributed by atoms with van der Waals surface area (Å²) in [7, 11) is 2.96. The maximum Gasteiger partial charge on any atom is 0.185 e. The van der Waals surface area contributed by atoms with E-state index in [0.29, 0.717) is 17.1 Å². The van der Waals surface area contributed by atoms with Gasteiger partial charge < -0.3 is 9.47 Å². The van der Waals surface area contributed by atoms with Crippen molar-refractivity contribution in [3.8, 4) is 11.5 Å². The van der Waals surface area contributed by atoms with Crippen LogP contribution in [0.15, 0.2) is 42.5 Å². The molecule has 0 bridgehead atoms. The Bertz CT molecular complexity index is 724. The Balaban J connectivity index is 2.23. The molecule has 3 nitrogen and oxygen atoms in total. The van der Waals surface area contributed by atoms with Gasteiger partial charge in [0.2, 0.25) is 0 Å². The van der Waals surface area contributed by atoms with E-state index in [2.05, 4.69) is 0 Å². The first-order valence-electron chi connectivity index (χ1n) is 6.44. The van der Waals surface area contributed by atoms with Crippen LogP contribution in [-0.4, -0.2) is 20.0 Å². The van der Waals surface area contributed by atoms with Gasteiger partial charge in [-0.15, -0.1) is 0 Å². The number of methoxy groups -OCH3 is 2. The normalized spacial score (nSPS) is 10.7. The highest BCUT2D eigenvalue weighted by Gasteiger charge is 2.09. The lowest BCUT2D eigenvalue weighted by Crippen LogP contribution is -1.97. The van der Waals surface area contributed by atoms with Crippen molar-refractivity contribution >= 4 is 11.9 Å². The number of halogens is 2. The third-order valence-corrected chi connectivity index (χ3v) is 3.04. The molecule has 0 aliphatic rings. The second-order valence-electron chi connectivity index (χ2n) is 4.43. The number of benzene rings is 2. The fourth-order valence-corrected chi connectivity index (χ4v) is 1.89. The third kappa shape index (κ3) is 3.49.